The molecule has 3 aromatic rings. The van der Waals surface area contributed by atoms with Crippen molar-refractivity contribution in [1.29, 1.82) is 0 Å². The van der Waals surface area contributed by atoms with Crippen LogP contribution in [0.25, 0.3) is 5.69 Å². The molecule has 0 spiro atoms. The van der Waals surface area contributed by atoms with Gasteiger partial charge >= 0.3 is 0 Å². The second kappa shape index (κ2) is 9.13. The third-order valence-electron chi connectivity index (χ3n) is 4.87. The van der Waals surface area contributed by atoms with E-state index in [2.05, 4.69) is 20.5 Å². The highest BCUT2D eigenvalue weighted by atomic mass is 16.2. The summed E-state index contributed by atoms with van der Waals surface area (Å²) >= 11 is 0. The van der Waals surface area contributed by atoms with E-state index >= 15 is 0 Å². The molecule has 30 heavy (non-hydrogen) atoms. The van der Waals surface area contributed by atoms with E-state index < -0.39 is 0 Å². The Morgan fingerprint density at radius 3 is 2.53 bits per heavy atom. The SMILES string of the molecule is O=C(CCC(=O)N1CCC(c2ccccc2)=N1)NCc1ccc(-n2cncn2)cc1. The third-order valence-corrected chi connectivity index (χ3v) is 4.87. The quantitative estimate of drug-likeness (QED) is 0.656. The number of rotatable bonds is 7. The van der Waals surface area contributed by atoms with Crippen LogP contribution in [-0.4, -0.2) is 43.8 Å². The van der Waals surface area contributed by atoms with Gasteiger partial charge < -0.3 is 5.32 Å². The molecule has 1 aromatic heterocycles. The number of hydrogen-bond donors (Lipinski definition) is 1. The smallest absolute Gasteiger partial charge is 0.243 e. The van der Waals surface area contributed by atoms with E-state index in [-0.39, 0.29) is 24.7 Å². The van der Waals surface area contributed by atoms with E-state index in [0.29, 0.717) is 13.1 Å². The van der Waals surface area contributed by atoms with Gasteiger partial charge in [-0.05, 0) is 23.3 Å². The number of nitrogens with one attached hydrogen (secondary N) is 1. The van der Waals surface area contributed by atoms with Crippen LogP contribution in [0.1, 0.15) is 30.4 Å². The zero-order chi connectivity index (χ0) is 20.8. The molecular formula is C22H22N6O2. The molecule has 8 heteroatoms. The Labute approximate surface area is 174 Å². The monoisotopic (exact) mass is 402 g/mol. The molecule has 0 aliphatic carbocycles. The Kier molecular flexibility index (Phi) is 5.93. The first-order valence-electron chi connectivity index (χ1n) is 9.83. The van der Waals surface area contributed by atoms with Gasteiger partial charge in [-0.25, -0.2) is 14.7 Å². The van der Waals surface area contributed by atoms with E-state index in [1.165, 1.54) is 11.3 Å². The molecule has 0 fully saturated rings. The molecule has 1 N–H and O–H groups in total. The second-order valence-electron chi connectivity index (χ2n) is 6.96. The van der Waals surface area contributed by atoms with Crippen molar-refractivity contribution < 1.29 is 9.59 Å². The van der Waals surface area contributed by atoms with Crippen LogP contribution in [0, 0.1) is 0 Å². The number of carbonyl (C=O) groups is 2. The lowest BCUT2D eigenvalue weighted by molar-refractivity contribution is -0.133. The molecule has 4 rings (SSSR count). The van der Waals surface area contributed by atoms with Gasteiger partial charge in [0.2, 0.25) is 11.8 Å². The summed E-state index contributed by atoms with van der Waals surface area (Å²) in [5.74, 6) is -0.288. The summed E-state index contributed by atoms with van der Waals surface area (Å²) < 4.78 is 1.66. The molecule has 0 saturated carbocycles. The molecule has 0 saturated heterocycles. The summed E-state index contributed by atoms with van der Waals surface area (Å²) in [5.41, 5.74) is 3.80. The fourth-order valence-electron chi connectivity index (χ4n) is 3.22. The molecule has 1 aliphatic rings. The van der Waals surface area contributed by atoms with Crippen LogP contribution in [0.4, 0.5) is 0 Å². The Bertz CT molecular complexity index is 1030. The van der Waals surface area contributed by atoms with Gasteiger partial charge in [0, 0.05) is 25.8 Å². The minimum Gasteiger partial charge on any atom is -0.352 e. The maximum Gasteiger partial charge on any atom is 0.243 e. The van der Waals surface area contributed by atoms with Crippen LogP contribution in [0.3, 0.4) is 0 Å². The normalized spacial score (nSPS) is 13.2. The molecule has 152 valence electrons. The Hall–Kier alpha value is -3.81. The summed E-state index contributed by atoms with van der Waals surface area (Å²) in [6, 6.07) is 17.5. The molecule has 1 aliphatic heterocycles. The minimum atomic E-state index is -0.157. The van der Waals surface area contributed by atoms with Crippen LogP contribution in [-0.2, 0) is 16.1 Å². The van der Waals surface area contributed by atoms with Gasteiger partial charge in [-0.15, -0.1) is 0 Å². The predicted molar refractivity (Wildman–Crippen MR) is 112 cm³/mol. The highest BCUT2D eigenvalue weighted by Crippen LogP contribution is 2.15. The maximum absolute atomic E-state index is 12.4. The fourth-order valence-corrected chi connectivity index (χ4v) is 3.22. The summed E-state index contributed by atoms with van der Waals surface area (Å²) in [4.78, 5) is 28.4. The van der Waals surface area contributed by atoms with E-state index in [1.807, 2.05) is 54.6 Å². The number of nitrogens with zero attached hydrogens (tertiary/aromatic N) is 5. The predicted octanol–water partition coefficient (Wildman–Crippen LogP) is 2.30. The van der Waals surface area contributed by atoms with Crippen molar-refractivity contribution in [2.45, 2.75) is 25.8 Å². The van der Waals surface area contributed by atoms with Crippen molar-refractivity contribution in [3.63, 3.8) is 0 Å². The van der Waals surface area contributed by atoms with Crippen molar-refractivity contribution in [3.8, 4) is 5.69 Å². The third kappa shape index (κ3) is 4.78. The number of benzene rings is 2. The van der Waals surface area contributed by atoms with Crippen LogP contribution in [0.15, 0.2) is 72.4 Å². The first-order valence-corrected chi connectivity index (χ1v) is 9.83. The van der Waals surface area contributed by atoms with Crippen LogP contribution in [0.2, 0.25) is 0 Å². The zero-order valence-corrected chi connectivity index (χ0v) is 16.4. The zero-order valence-electron chi connectivity index (χ0n) is 16.4. The topological polar surface area (TPSA) is 92.5 Å². The van der Waals surface area contributed by atoms with Crippen LogP contribution in [0.5, 0.6) is 0 Å². The Morgan fingerprint density at radius 2 is 1.80 bits per heavy atom. The molecule has 0 bridgehead atoms. The Morgan fingerprint density at radius 1 is 1.00 bits per heavy atom. The molecule has 8 nitrogen and oxygen atoms in total. The lowest BCUT2D eigenvalue weighted by Gasteiger charge is -2.11. The van der Waals surface area contributed by atoms with Crippen LogP contribution < -0.4 is 5.32 Å². The molecule has 2 heterocycles. The van der Waals surface area contributed by atoms with Gasteiger partial charge in [-0.2, -0.15) is 10.2 Å². The average Bonchev–Trinajstić information content (AvgIpc) is 3.50. The first kappa shape index (κ1) is 19.5. The number of carbonyl (C=O) groups excluding carboxylic acids is 2. The fraction of sp³-hybridized carbons (Fsp3) is 0.227. The maximum atomic E-state index is 12.4. The highest BCUT2D eigenvalue weighted by molar-refractivity contribution is 6.02. The standard InChI is InChI=1S/C22H22N6O2/c29-21(24-14-17-6-8-19(9-7-17)28-16-23-15-25-28)10-11-22(30)27-13-12-20(26-27)18-4-2-1-3-5-18/h1-9,15-16H,10-14H2,(H,24,29). The van der Waals surface area contributed by atoms with Crippen molar-refractivity contribution in [2.75, 3.05) is 6.54 Å². The largest absolute Gasteiger partial charge is 0.352 e. The molecule has 0 atom stereocenters. The van der Waals surface area contributed by atoms with Gasteiger partial charge in [0.25, 0.3) is 0 Å². The van der Waals surface area contributed by atoms with Gasteiger partial charge in [-0.1, -0.05) is 42.5 Å². The van der Waals surface area contributed by atoms with E-state index in [4.69, 9.17) is 0 Å². The van der Waals surface area contributed by atoms with Crippen molar-refractivity contribution in [1.82, 2.24) is 25.1 Å². The van der Waals surface area contributed by atoms with Gasteiger partial charge in [-0.3, -0.25) is 9.59 Å². The molecule has 0 radical (unpaired) electrons. The van der Waals surface area contributed by atoms with E-state index in [0.717, 1.165) is 28.9 Å². The number of hydrogen-bond acceptors (Lipinski definition) is 5. The number of aromatic nitrogens is 3. The number of hydrazone groups is 1. The number of amides is 2. The Balaban J connectivity index is 1.22. The van der Waals surface area contributed by atoms with Gasteiger partial charge in [0.15, 0.2) is 0 Å². The minimum absolute atomic E-state index is 0.131. The van der Waals surface area contributed by atoms with Crippen molar-refractivity contribution >= 4 is 17.5 Å². The van der Waals surface area contributed by atoms with Gasteiger partial charge in [0.05, 0.1) is 17.9 Å². The summed E-state index contributed by atoms with van der Waals surface area (Å²) in [6.45, 7) is 0.966. The van der Waals surface area contributed by atoms with E-state index in [9.17, 15) is 9.59 Å². The molecule has 0 unspecified atom stereocenters. The molecule has 2 amide bonds. The first-order chi connectivity index (χ1) is 14.7. The lowest BCUT2D eigenvalue weighted by Crippen LogP contribution is -2.27. The summed E-state index contributed by atoms with van der Waals surface area (Å²) in [7, 11) is 0. The van der Waals surface area contributed by atoms with E-state index in [1.54, 1.807) is 11.0 Å². The molecule has 2 aromatic carbocycles. The molecular weight excluding hydrogens is 380 g/mol. The summed E-state index contributed by atoms with van der Waals surface area (Å²) in [5, 5.41) is 12.8. The second-order valence-corrected chi connectivity index (χ2v) is 6.96. The van der Waals surface area contributed by atoms with Crippen LogP contribution >= 0.6 is 0 Å². The van der Waals surface area contributed by atoms with Crippen molar-refractivity contribution in [2.24, 2.45) is 5.10 Å². The van der Waals surface area contributed by atoms with Gasteiger partial charge in [0.1, 0.15) is 12.7 Å². The summed E-state index contributed by atoms with van der Waals surface area (Å²) in [6.07, 6.45) is 4.12. The lowest BCUT2D eigenvalue weighted by atomic mass is 10.1. The average molecular weight is 402 g/mol. The van der Waals surface area contributed by atoms with Crippen molar-refractivity contribution in [3.05, 3.63) is 78.4 Å². The highest BCUT2D eigenvalue weighted by Gasteiger charge is 2.21.